The fraction of sp³-hybridized carbons (Fsp3) is 0.294. The molecular formula is C17H17ClN2O2S. The standard InChI is InChI=1S/C17H17ClN2O2S/c18-14-5-1-4-13(12-14)16(21)19-7-3-8-20(10-9-19)17(22)15-6-2-11-23-15/h1-2,4-6,11-12H,3,7-10H2. The second-order valence-electron chi connectivity index (χ2n) is 5.43. The normalized spacial score (nSPS) is 15.3. The van der Waals surface area contributed by atoms with Gasteiger partial charge in [-0.3, -0.25) is 9.59 Å². The van der Waals surface area contributed by atoms with Crippen LogP contribution in [0.5, 0.6) is 0 Å². The second-order valence-corrected chi connectivity index (χ2v) is 6.81. The SMILES string of the molecule is O=C(c1cccc(Cl)c1)N1CCCN(C(=O)c2cccs2)CC1. The van der Waals surface area contributed by atoms with Crippen LogP contribution in [0.1, 0.15) is 26.5 Å². The van der Waals surface area contributed by atoms with Crippen LogP contribution < -0.4 is 0 Å². The van der Waals surface area contributed by atoms with Gasteiger partial charge in [-0.15, -0.1) is 11.3 Å². The molecule has 1 aliphatic rings. The Morgan fingerprint density at radius 3 is 2.35 bits per heavy atom. The van der Waals surface area contributed by atoms with Gasteiger partial charge < -0.3 is 9.80 Å². The average Bonchev–Trinajstić information content (AvgIpc) is 2.98. The maximum absolute atomic E-state index is 12.6. The molecule has 6 heteroatoms. The first-order valence-corrected chi connectivity index (χ1v) is 8.78. The van der Waals surface area contributed by atoms with Gasteiger partial charge in [0.2, 0.25) is 0 Å². The zero-order valence-electron chi connectivity index (χ0n) is 12.6. The lowest BCUT2D eigenvalue weighted by molar-refractivity contribution is 0.0721. The minimum atomic E-state index is -0.0297. The summed E-state index contributed by atoms with van der Waals surface area (Å²) >= 11 is 7.41. The van der Waals surface area contributed by atoms with Gasteiger partial charge in [0.05, 0.1) is 4.88 Å². The van der Waals surface area contributed by atoms with Gasteiger partial charge in [0.1, 0.15) is 0 Å². The van der Waals surface area contributed by atoms with Crippen molar-refractivity contribution in [1.82, 2.24) is 9.80 Å². The number of nitrogens with zero attached hydrogens (tertiary/aromatic N) is 2. The van der Waals surface area contributed by atoms with E-state index in [9.17, 15) is 9.59 Å². The third-order valence-electron chi connectivity index (χ3n) is 3.87. The number of rotatable bonds is 2. The Bertz CT molecular complexity index is 702. The zero-order valence-corrected chi connectivity index (χ0v) is 14.1. The number of halogens is 1. The van der Waals surface area contributed by atoms with Gasteiger partial charge in [0.25, 0.3) is 11.8 Å². The maximum atomic E-state index is 12.6. The first kappa shape index (κ1) is 16.0. The number of benzene rings is 1. The van der Waals surface area contributed by atoms with E-state index in [1.54, 1.807) is 29.2 Å². The van der Waals surface area contributed by atoms with Gasteiger partial charge in [0, 0.05) is 36.8 Å². The van der Waals surface area contributed by atoms with E-state index < -0.39 is 0 Å². The van der Waals surface area contributed by atoms with Gasteiger partial charge in [0.15, 0.2) is 0 Å². The minimum absolute atomic E-state index is 0.0297. The molecule has 1 aromatic heterocycles. The highest BCUT2D eigenvalue weighted by Gasteiger charge is 2.23. The maximum Gasteiger partial charge on any atom is 0.263 e. The summed E-state index contributed by atoms with van der Waals surface area (Å²) in [5.41, 5.74) is 0.593. The molecule has 3 rings (SSSR count). The minimum Gasteiger partial charge on any atom is -0.337 e. The lowest BCUT2D eigenvalue weighted by Crippen LogP contribution is -2.37. The molecule has 0 spiro atoms. The highest BCUT2D eigenvalue weighted by atomic mass is 35.5. The Hall–Kier alpha value is -1.85. The van der Waals surface area contributed by atoms with E-state index in [0.717, 1.165) is 11.3 Å². The molecule has 0 aliphatic carbocycles. The monoisotopic (exact) mass is 348 g/mol. The number of thiophene rings is 1. The molecule has 1 fully saturated rings. The first-order valence-electron chi connectivity index (χ1n) is 7.53. The second kappa shape index (κ2) is 7.15. The van der Waals surface area contributed by atoms with Crippen LogP contribution in [0.15, 0.2) is 41.8 Å². The molecule has 0 saturated carbocycles. The van der Waals surface area contributed by atoms with E-state index in [4.69, 9.17) is 11.6 Å². The third kappa shape index (κ3) is 3.74. The zero-order chi connectivity index (χ0) is 16.2. The Morgan fingerprint density at radius 2 is 1.70 bits per heavy atom. The van der Waals surface area contributed by atoms with Crippen molar-refractivity contribution < 1.29 is 9.59 Å². The van der Waals surface area contributed by atoms with E-state index in [2.05, 4.69) is 0 Å². The van der Waals surface area contributed by atoms with Crippen molar-refractivity contribution in [2.24, 2.45) is 0 Å². The lowest BCUT2D eigenvalue weighted by atomic mass is 10.2. The predicted molar refractivity (Wildman–Crippen MR) is 92.2 cm³/mol. The highest BCUT2D eigenvalue weighted by molar-refractivity contribution is 7.12. The molecule has 1 aliphatic heterocycles. The largest absolute Gasteiger partial charge is 0.337 e. The van der Waals surface area contributed by atoms with Crippen molar-refractivity contribution >= 4 is 34.8 Å². The number of hydrogen-bond donors (Lipinski definition) is 0. The predicted octanol–water partition coefficient (Wildman–Crippen LogP) is 3.39. The van der Waals surface area contributed by atoms with Crippen LogP contribution in [-0.4, -0.2) is 47.8 Å². The molecule has 0 radical (unpaired) electrons. The van der Waals surface area contributed by atoms with Crippen molar-refractivity contribution in [1.29, 1.82) is 0 Å². The molecule has 0 atom stereocenters. The summed E-state index contributed by atoms with van der Waals surface area (Å²) in [7, 11) is 0. The fourth-order valence-corrected chi connectivity index (χ4v) is 3.56. The molecule has 1 aromatic carbocycles. The van der Waals surface area contributed by atoms with Crippen LogP contribution in [0.25, 0.3) is 0 Å². The van der Waals surface area contributed by atoms with E-state index in [1.807, 2.05) is 22.4 Å². The van der Waals surface area contributed by atoms with Gasteiger partial charge in [-0.2, -0.15) is 0 Å². The number of hydrogen-bond acceptors (Lipinski definition) is 3. The smallest absolute Gasteiger partial charge is 0.263 e. The van der Waals surface area contributed by atoms with Crippen molar-refractivity contribution in [2.45, 2.75) is 6.42 Å². The molecule has 2 amide bonds. The van der Waals surface area contributed by atoms with Gasteiger partial charge in [-0.05, 0) is 36.1 Å². The van der Waals surface area contributed by atoms with Crippen LogP contribution >= 0.6 is 22.9 Å². The van der Waals surface area contributed by atoms with E-state index >= 15 is 0 Å². The molecule has 0 unspecified atom stereocenters. The number of carbonyl (C=O) groups is 2. The summed E-state index contributed by atoms with van der Waals surface area (Å²) in [5.74, 6) is 0.0231. The molecule has 2 aromatic rings. The quantitative estimate of drug-likeness (QED) is 0.834. The van der Waals surface area contributed by atoms with E-state index in [0.29, 0.717) is 36.8 Å². The molecule has 4 nitrogen and oxygen atoms in total. The summed E-state index contributed by atoms with van der Waals surface area (Å²) in [6.45, 7) is 2.43. The van der Waals surface area contributed by atoms with Gasteiger partial charge in [-0.1, -0.05) is 23.7 Å². The molecule has 1 saturated heterocycles. The summed E-state index contributed by atoms with van der Waals surface area (Å²) in [6, 6.07) is 10.7. The fourth-order valence-electron chi connectivity index (χ4n) is 2.68. The van der Waals surface area contributed by atoms with E-state index in [1.165, 1.54) is 11.3 Å². The summed E-state index contributed by atoms with van der Waals surface area (Å²) in [6.07, 6.45) is 0.781. The molecule has 2 heterocycles. The Morgan fingerprint density at radius 1 is 0.957 bits per heavy atom. The van der Waals surface area contributed by atoms with Crippen molar-refractivity contribution in [3.63, 3.8) is 0 Å². The molecular weight excluding hydrogens is 332 g/mol. The molecule has 23 heavy (non-hydrogen) atoms. The molecule has 0 bridgehead atoms. The third-order valence-corrected chi connectivity index (χ3v) is 4.97. The van der Waals surface area contributed by atoms with Crippen LogP contribution in [0.4, 0.5) is 0 Å². The summed E-state index contributed by atoms with van der Waals surface area (Å²) in [4.78, 5) is 29.4. The van der Waals surface area contributed by atoms with Crippen molar-refractivity contribution in [3.8, 4) is 0 Å². The summed E-state index contributed by atoms with van der Waals surface area (Å²) in [5, 5.41) is 2.46. The first-order chi connectivity index (χ1) is 11.1. The Kier molecular flexibility index (Phi) is 4.98. The van der Waals surface area contributed by atoms with Crippen LogP contribution in [0.2, 0.25) is 5.02 Å². The van der Waals surface area contributed by atoms with Crippen LogP contribution in [0.3, 0.4) is 0 Å². The van der Waals surface area contributed by atoms with Gasteiger partial charge >= 0.3 is 0 Å². The Balaban J connectivity index is 1.66. The summed E-state index contributed by atoms with van der Waals surface area (Å²) < 4.78 is 0. The Labute approximate surface area is 144 Å². The van der Waals surface area contributed by atoms with Gasteiger partial charge in [-0.25, -0.2) is 0 Å². The van der Waals surface area contributed by atoms with Crippen LogP contribution in [-0.2, 0) is 0 Å². The number of carbonyl (C=O) groups excluding carboxylic acids is 2. The van der Waals surface area contributed by atoms with Crippen LogP contribution in [0, 0.1) is 0 Å². The lowest BCUT2D eigenvalue weighted by Gasteiger charge is -2.22. The van der Waals surface area contributed by atoms with Crippen molar-refractivity contribution in [3.05, 3.63) is 57.2 Å². The number of amides is 2. The van der Waals surface area contributed by atoms with E-state index in [-0.39, 0.29) is 11.8 Å². The van der Waals surface area contributed by atoms with Crippen molar-refractivity contribution in [2.75, 3.05) is 26.2 Å². The highest BCUT2D eigenvalue weighted by Crippen LogP contribution is 2.16. The molecule has 120 valence electrons. The molecule has 0 N–H and O–H groups in total. The topological polar surface area (TPSA) is 40.6 Å². The average molecular weight is 349 g/mol.